The molecule has 4 rings (SSSR count). The number of nitrogens with one attached hydrogen (secondary N) is 2. The average molecular weight is 296 g/mol. The molecule has 0 aliphatic heterocycles. The normalized spacial score (nSPS) is 38.0. The molecule has 4 saturated carbocycles. The molecule has 0 saturated heterocycles. The van der Waals surface area contributed by atoms with Gasteiger partial charge >= 0.3 is 12.0 Å². The molecule has 4 N–H and O–H groups in total. The van der Waals surface area contributed by atoms with Crippen LogP contribution in [0.1, 0.15) is 44.9 Å². The molecule has 0 aromatic rings. The first kappa shape index (κ1) is 14.6. The predicted molar refractivity (Wildman–Crippen MR) is 75.7 cm³/mol. The van der Waals surface area contributed by atoms with Gasteiger partial charge in [-0.05, 0) is 56.3 Å². The van der Waals surface area contributed by atoms with Crippen LogP contribution in [0.15, 0.2) is 0 Å². The highest BCUT2D eigenvalue weighted by Crippen LogP contribution is 2.55. The number of carboxylic acid groups (broad SMARTS) is 1. The van der Waals surface area contributed by atoms with Gasteiger partial charge in [-0.15, -0.1) is 0 Å². The van der Waals surface area contributed by atoms with E-state index < -0.39 is 18.0 Å². The molecule has 21 heavy (non-hydrogen) atoms. The largest absolute Gasteiger partial charge is 0.480 e. The molecule has 4 fully saturated rings. The third-order valence-corrected chi connectivity index (χ3v) is 5.44. The van der Waals surface area contributed by atoms with E-state index in [2.05, 4.69) is 10.6 Å². The monoisotopic (exact) mass is 296 g/mol. The van der Waals surface area contributed by atoms with E-state index in [0.717, 1.165) is 37.0 Å². The summed E-state index contributed by atoms with van der Waals surface area (Å²) in [5, 5.41) is 23.5. The van der Waals surface area contributed by atoms with Gasteiger partial charge in [0.05, 0.1) is 0 Å². The van der Waals surface area contributed by atoms with Gasteiger partial charge in [-0.2, -0.15) is 0 Å². The van der Waals surface area contributed by atoms with Gasteiger partial charge in [0.2, 0.25) is 0 Å². The zero-order chi connectivity index (χ0) is 15.0. The minimum atomic E-state index is -1.11. The molecular weight excluding hydrogens is 272 g/mol. The van der Waals surface area contributed by atoms with Gasteiger partial charge in [-0.25, -0.2) is 9.59 Å². The Kier molecular flexibility index (Phi) is 3.82. The van der Waals surface area contributed by atoms with Crippen molar-refractivity contribution in [2.75, 3.05) is 6.61 Å². The SMILES string of the molecule is O=C(NC(CCO)C(=O)O)NC12CC3CC(CC(C3)C1)C2. The number of aliphatic carboxylic acids is 1. The van der Waals surface area contributed by atoms with Crippen LogP contribution in [-0.4, -0.2) is 40.4 Å². The topological polar surface area (TPSA) is 98.7 Å². The molecule has 118 valence electrons. The van der Waals surface area contributed by atoms with Crippen LogP contribution in [0.25, 0.3) is 0 Å². The van der Waals surface area contributed by atoms with Gasteiger partial charge in [-0.1, -0.05) is 0 Å². The molecule has 0 spiro atoms. The minimum Gasteiger partial charge on any atom is -0.480 e. The number of hydrogen-bond donors (Lipinski definition) is 4. The van der Waals surface area contributed by atoms with Gasteiger partial charge in [0, 0.05) is 18.6 Å². The molecule has 2 amide bonds. The number of carbonyl (C=O) groups is 2. The Hall–Kier alpha value is -1.30. The number of carbonyl (C=O) groups excluding carboxylic acids is 1. The van der Waals surface area contributed by atoms with Crippen LogP contribution in [0.2, 0.25) is 0 Å². The van der Waals surface area contributed by atoms with Crippen LogP contribution in [0, 0.1) is 17.8 Å². The number of aliphatic hydroxyl groups is 1. The van der Waals surface area contributed by atoms with E-state index in [9.17, 15) is 9.59 Å². The van der Waals surface area contributed by atoms with Crippen LogP contribution in [0.5, 0.6) is 0 Å². The van der Waals surface area contributed by atoms with Crippen molar-refractivity contribution in [2.45, 2.75) is 56.5 Å². The number of urea groups is 1. The Morgan fingerprint density at radius 3 is 2.05 bits per heavy atom. The number of aliphatic hydroxyl groups excluding tert-OH is 1. The first-order chi connectivity index (χ1) is 9.99. The maximum atomic E-state index is 12.2. The zero-order valence-electron chi connectivity index (χ0n) is 12.2. The van der Waals surface area contributed by atoms with E-state index in [-0.39, 0.29) is 18.6 Å². The van der Waals surface area contributed by atoms with E-state index in [0.29, 0.717) is 0 Å². The average Bonchev–Trinajstić information content (AvgIpc) is 2.35. The maximum Gasteiger partial charge on any atom is 0.326 e. The summed E-state index contributed by atoms with van der Waals surface area (Å²) in [7, 11) is 0. The van der Waals surface area contributed by atoms with Crippen molar-refractivity contribution in [3.8, 4) is 0 Å². The summed E-state index contributed by atoms with van der Waals surface area (Å²) in [5.41, 5.74) is -0.124. The summed E-state index contributed by atoms with van der Waals surface area (Å²) in [4.78, 5) is 23.2. The van der Waals surface area contributed by atoms with Crippen LogP contribution >= 0.6 is 0 Å². The molecule has 4 aliphatic rings. The second-order valence-corrected chi connectivity index (χ2v) is 7.20. The molecule has 0 radical (unpaired) electrons. The molecule has 0 aromatic heterocycles. The Balaban J connectivity index is 1.61. The van der Waals surface area contributed by atoms with Gasteiger partial charge in [0.25, 0.3) is 0 Å². The van der Waals surface area contributed by atoms with Gasteiger partial charge in [0.1, 0.15) is 6.04 Å². The highest BCUT2D eigenvalue weighted by molar-refractivity contribution is 5.82. The van der Waals surface area contributed by atoms with Crippen LogP contribution in [-0.2, 0) is 4.79 Å². The smallest absolute Gasteiger partial charge is 0.326 e. The summed E-state index contributed by atoms with van der Waals surface area (Å²) in [5.74, 6) is 1.07. The van der Waals surface area contributed by atoms with Crippen molar-refractivity contribution >= 4 is 12.0 Å². The van der Waals surface area contributed by atoms with Crippen LogP contribution < -0.4 is 10.6 Å². The van der Waals surface area contributed by atoms with Crippen molar-refractivity contribution in [2.24, 2.45) is 17.8 Å². The van der Waals surface area contributed by atoms with Gasteiger partial charge in [0.15, 0.2) is 0 Å². The van der Waals surface area contributed by atoms with Crippen molar-refractivity contribution in [1.82, 2.24) is 10.6 Å². The minimum absolute atomic E-state index is 0.0314. The van der Waals surface area contributed by atoms with Crippen molar-refractivity contribution < 1.29 is 19.8 Å². The molecule has 0 heterocycles. The standard InChI is InChI=1S/C15H24N2O4/c18-2-1-12(13(19)20)16-14(21)17-15-6-9-3-10(7-15)5-11(4-9)8-15/h9-12,18H,1-8H2,(H,19,20)(H2,16,17,21). The molecule has 4 bridgehead atoms. The Morgan fingerprint density at radius 2 is 1.62 bits per heavy atom. The van der Waals surface area contributed by atoms with Crippen molar-refractivity contribution in [1.29, 1.82) is 0 Å². The van der Waals surface area contributed by atoms with E-state index >= 15 is 0 Å². The quantitative estimate of drug-likeness (QED) is 0.610. The van der Waals surface area contributed by atoms with Gasteiger partial charge < -0.3 is 20.8 Å². The lowest BCUT2D eigenvalue weighted by Crippen LogP contribution is -2.62. The molecule has 1 atom stereocenters. The summed E-state index contributed by atoms with van der Waals surface area (Å²) < 4.78 is 0. The number of amides is 2. The lowest BCUT2D eigenvalue weighted by atomic mass is 9.53. The summed E-state index contributed by atoms with van der Waals surface area (Å²) >= 11 is 0. The lowest BCUT2D eigenvalue weighted by molar-refractivity contribution is -0.139. The summed E-state index contributed by atoms with van der Waals surface area (Å²) in [6.45, 7) is -0.255. The van der Waals surface area contributed by atoms with Crippen molar-refractivity contribution in [3.05, 3.63) is 0 Å². The predicted octanol–water partition coefficient (Wildman–Crippen LogP) is 1.09. The molecule has 0 aromatic carbocycles. The summed E-state index contributed by atoms with van der Waals surface area (Å²) in [6.07, 6.45) is 7.02. The van der Waals surface area contributed by atoms with E-state index in [4.69, 9.17) is 10.2 Å². The Morgan fingerprint density at radius 1 is 1.10 bits per heavy atom. The summed E-state index contributed by atoms with van der Waals surface area (Å²) in [6, 6.07) is -1.43. The molecule has 4 aliphatic carbocycles. The van der Waals surface area contributed by atoms with Gasteiger partial charge in [-0.3, -0.25) is 0 Å². The number of carboxylic acids is 1. The second kappa shape index (κ2) is 5.48. The highest BCUT2D eigenvalue weighted by atomic mass is 16.4. The van der Waals surface area contributed by atoms with E-state index in [1.807, 2.05) is 0 Å². The maximum absolute atomic E-state index is 12.2. The number of rotatable bonds is 5. The molecule has 6 nitrogen and oxygen atoms in total. The fraction of sp³-hybridized carbons (Fsp3) is 0.867. The zero-order valence-corrected chi connectivity index (χ0v) is 12.2. The first-order valence-electron chi connectivity index (χ1n) is 7.92. The lowest BCUT2D eigenvalue weighted by Gasteiger charge is -2.56. The molecular formula is C15H24N2O4. The highest BCUT2D eigenvalue weighted by Gasteiger charge is 2.51. The third-order valence-electron chi connectivity index (χ3n) is 5.44. The fourth-order valence-corrected chi connectivity index (χ4v) is 5.09. The second-order valence-electron chi connectivity index (χ2n) is 7.20. The Labute approximate surface area is 124 Å². The van der Waals surface area contributed by atoms with Crippen LogP contribution in [0.4, 0.5) is 4.79 Å². The van der Waals surface area contributed by atoms with E-state index in [1.54, 1.807) is 0 Å². The number of hydrogen-bond acceptors (Lipinski definition) is 3. The van der Waals surface area contributed by atoms with Crippen LogP contribution in [0.3, 0.4) is 0 Å². The molecule has 1 unspecified atom stereocenters. The van der Waals surface area contributed by atoms with E-state index in [1.165, 1.54) is 19.3 Å². The third kappa shape index (κ3) is 3.00. The Bertz CT molecular complexity index is 402. The fourth-order valence-electron chi connectivity index (χ4n) is 5.09. The molecule has 6 heteroatoms. The van der Waals surface area contributed by atoms with Crippen molar-refractivity contribution in [3.63, 3.8) is 0 Å². The first-order valence-corrected chi connectivity index (χ1v) is 7.92.